The summed E-state index contributed by atoms with van der Waals surface area (Å²) < 4.78 is 11.3. The molecule has 0 spiro atoms. The molecule has 0 amide bonds. The average Bonchev–Trinajstić information content (AvgIpc) is 2.34. The maximum atomic E-state index is 5.84. The maximum absolute atomic E-state index is 5.84. The lowest BCUT2D eigenvalue weighted by molar-refractivity contribution is 0.290. The van der Waals surface area contributed by atoms with Crippen LogP contribution in [0.2, 0.25) is 0 Å². The smallest absolute Gasteiger partial charge is 0.145 e. The summed E-state index contributed by atoms with van der Waals surface area (Å²) in [5.41, 5.74) is 6.51. The SMILES string of the molecule is CCCOc1cc(OCCCC(C)C)ccc1N. The number of nitrogens with two attached hydrogens (primary N) is 1. The zero-order chi connectivity index (χ0) is 13.4. The summed E-state index contributed by atoms with van der Waals surface area (Å²) in [5.74, 6) is 2.28. The van der Waals surface area contributed by atoms with Gasteiger partial charge in [-0.05, 0) is 37.3 Å². The highest BCUT2D eigenvalue weighted by molar-refractivity contribution is 5.55. The Bertz CT molecular complexity index is 350. The minimum absolute atomic E-state index is 0.665. The molecule has 0 aliphatic heterocycles. The van der Waals surface area contributed by atoms with E-state index in [4.69, 9.17) is 15.2 Å². The number of hydrogen-bond donors (Lipinski definition) is 1. The summed E-state index contributed by atoms with van der Waals surface area (Å²) in [4.78, 5) is 0. The molecule has 0 radical (unpaired) electrons. The third kappa shape index (κ3) is 5.30. The molecule has 0 aliphatic carbocycles. The van der Waals surface area contributed by atoms with Gasteiger partial charge in [-0.25, -0.2) is 0 Å². The molecule has 0 saturated carbocycles. The van der Waals surface area contributed by atoms with Crippen LogP contribution in [-0.2, 0) is 0 Å². The third-order valence-electron chi connectivity index (χ3n) is 2.64. The van der Waals surface area contributed by atoms with Crippen molar-refractivity contribution in [2.45, 2.75) is 40.0 Å². The standard InChI is InChI=1S/C15H25NO2/c1-4-9-18-15-11-13(7-8-14(15)16)17-10-5-6-12(2)3/h7-8,11-12H,4-6,9-10,16H2,1-3H3. The lowest BCUT2D eigenvalue weighted by Gasteiger charge is -2.11. The molecule has 0 heterocycles. The van der Waals surface area contributed by atoms with Gasteiger partial charge in [-0.15, -0.1) is 0 Å². The van der Waals surface area contributed by atoms with Gasteiger partial charge in [0.25, 0.3) is 0 Å². The second kappa shape index (κ2) is 7.85. The van der Waals surface area contributed by atoms with Crippen molar-refractivity contribution in [1.29, 1.82) is 0 Å². The lowest BCUT2D eigenvalue weighted by atomic mass is 10.1. The fourth-order valence-corrected chi connectivity index (χ4v) is 1.62. The minimum Gasteiger partial charge on any atom is -0.493 e. The van der Waals surface area contributed by atoms with Gasteiger partial charge >= 0.3 is 0 Å². The van der Waals surface area contributed by atoms with Crippen molar-refractivity contribution in [3.8, 4) is 11.5 Å². The van der Waals surface area contributed by atoms with Crippen molar-refractivity contribution in [2.75, 3.05) is 18.9 Å². The topological polar surface area (TPSA) is 44.5 Å². The first-order valence-electron chi connectivity index (χ1n) is 6.78. The Balaban J connectivity index is 2.45. The van der Waals surface area contributed by atoms with Gasteiger partial charge in [-0.2, -0.15) is 0 Å². The van der Waals surface area contributed by atoms with E-state index in [1.165, 1.54) is 6.42 Å². The molecule has 18 heavy (non-hydrogen) atoms. The summed E-state index contributed by atoms with van der Waals surface area (Å²) in [7, 11) is 0. The molecule has 102 valence electrons. The van der Waals surface area contributed by atoms with Gasteiger partial charge < -0.3 is 15.2 Å². The molecule has 0 fully saturated rings. The zero-order valence-electron chi connectivity index (χ0n) is 11.7. The second-order valence-corrected chi connectivity index (χ2v) is 4.93. The van der Waals surface area contributed by atoms with Crippen LogP contribution < -0.4 is 15.2 Å². The van der Waals surface area contributed by atoms with Crippen molar-refractivity contribution in [3.05, 3.63) is 18.2 Å². The summed E-state index contributed by atoms with van der Waals surface area (Å²) >= 11 is 0. The molecule has 0 bridgehead atoms. The van der Waals surface area contributed by atoms with E-state index in [2.05, 4.69) is 20.8 Å². The molecule has 0 saturated heterocycles. The number of benzene rings is 1. The predicted octanol–water partition coefficient (Wildman–Crippen LogP) is 3.87. The highest BCUT2D eigenvalue weighted by atomic mass is 16.5. The van der Waals surface area contributed by atoms with Gasteiger partial charge in [-0.3, -0.25) is 0 Å². The van der Waals surface area contributed by atoms with Gasteiger partial charge in [0.05, 0.1) is 18.9 Å². The molecule has 1 rings (SSSR count). The normalized spacial score (nSPS) is 10.7. The van der Waals surface area contributed by atoms with Crippen LogP contribution in [0.5, 0.6) is 11.5 Å². The van der Waals surface area contributed by atoms with Crippen molar-refractivity contribution < 1.29 is 9.47 Å². The first kappa shape index (κ1) is 14.7. The quantitative estimate of drug-likeness (QED) is 0.563. The van der Waals surface area contributed by atoms with Crippen molar-refractivity contribution in [2.24, 2.45) is 5.92 Å². The van der Waals surface area contributed by atoms with E-state index < -0.39 is 0 Å². The van der Waals surface area contributed by atoms with E-state index in [-0.39, 0.29) is 0 Å². The van der Waals surface area contributed by atoms with Gasteiger partial charge in [0.1, 0.15) is 11.5 Å². The van der Waals surface area contributed by atoms with Crippen LogP contribution in [-0.4, -0.2) is 13.2 Å². The Hall–Kier alpha value is -1.38. The summed E-state index contributed by atoms with van der Waals surface area (Å²) in [6.07, 6.45) is 3.24. The van der Waals surface area contributed by atoms with Crippen LogP contribution in [0.4, 0.5) is 5.69 Å². The molecular weight excluding hydrogens is 226 g/mol. The van der Waals surface area contributed by atoms with Crippen molar-refractivity contribution >= 4 is 5.69 Å². The number of anilines is 1. The van der Waals surface area contributed by atoms with E-state index in [0.29, 0.717) is 12.3 Å². The van der Waals surface area contributed by atoms with Gasteiger partial charge in [-0.1, -0.05) is 20.8 Å². The van der Waals surface area contributed by atoms with Crippen molar-refractivity contribution in [1.82, 2.24) is 0 Å². The number of ether oxygens (including phenoxy) is 2. The van der Waals surface area contributed by atoms with Crippen molar-refractivity contribution in [3.63, 3.8) is 0 Å². The first-order valence-corrected chi connectivity index (χ1v) is 6.78. The Morgan fingerprint density at radius 3 is 2.61 bits per heavy atom. The Kier molecular flexibility index (Phi) is 6.40. The van der Waals surface area contributed by atoms with Gasteiger partial charge in [0.2, 0.25) is 0 Å². The fraction of sp³-hybridized carbons (Fsp3) is 0.600. The minimum atomic E-state index is 0.665. The molecule has 2 N–H and O–H groups in total. The van der Waals surface area contributed by atoms with Crippen LogP contribution in [0.25, 0.3) is 0 Å². The van der Waals surface area contributed by atoms with E-state index in [9.17, 15) is 0 Å². The molecular formula is C15H25NO2. The van der Waals surface area contributed by atoms with E-state index in [0.717, 1.165) is 36.9 Å². The predicted molar refractivity (Wildman–Crippen MR) is 76.2 cm³/mol. The van der Waals surface area contributed by atoms with E-state index in [1.54, 1.807) is 0 Å². The summed E-state index contributed by atoms with van der Waals surface area (Å²) in [5, 5.41) is 0. The van der Waals surface area contributed by atoms with Crippen LogP contribution in [0.3, 0.4) is 0 Å². The van der Waals surface area contributed by atoms with Gasteiger partial charge in [0.15, 0.2) is 0 Å². The third-order valence-corrected chi connectivity index (χ3v) is 2.64. The highest BCUT2D eigenvalue weighted by Crippen LogP contribution is 2.27. The van der Waals surface area contributed by atoms with E-state index in [1.807, 2.05) is 18.2 Å². The monoisotopic (exact) mass is 251 g/mol. The molecule has 0 unspecified atom stereocenters. The largest absolute Gasteiger partial charge is 0.493 e. The van der Waals surface area contributed by atoms with Crippen LogP contribution >= 0.6 is 0 Å². The Morgan fingerprint density at radius 1 is 1.17 bits per heavy atom. The summed E-state index contributed by atoms with van der Waals surface area (Å²) in [6, 6.07) is 5.60. The maximum Gasteiger partial charge on any atom is 0.145 e. The first-order chi connectivity index (χ1) is 8.63. The van der Waals surface area contributed by atoms with Crippen LogP contribution in [0.1, 0.15) is 40.0 Å². The molecule has 0 aliphatic rings. The van der Waals surface area contributed by atoms with Gasteiger partial charge in [0, 0.05) is 6.07 Å². The van der Waals surface area contributed by atoms with Crippen LogP contribution in [0, 0.1) is 5.92 Å². The highest BCUT2D eigenvalue weighted by Gasteiger charge is 2.03. The molecule has 1 aromatic carbocycles. The number of rotatable bonds is 8. The number of hydrogen-bond acceptors (Lipinski definition) is 3. The Labute approximate surface area is 110 Å². The molecule has 0 aromatic heterocycles. The lowest BCUT2D eigenvalue weighted by Crippen LogP contribution is -2.02. The average molecular weight is 251 g/mol. The Morgan fingerprint density at radius 2 is 1.94 bits per heavy atom. The molecule has 3 nitrogen and oxygen atoms in total. The van der Waals surface area contributed by atoms with E-state index >= 15 is 0 Å². The summed E-state index contributed by atoms with van der Waals surface area (Å²) in [6.45, 7) is 7.94. The molecule has 1 aromatic rings. The fourth-order valence-electron chi connectivity index (χ4n) is 1.62. The van der Waals surface area contributed by atoms with Crippen LogP contribution in [0.15, 0.2) is 18.2 Å². The molecule has 0 atom stereocenters. The second-order valence-electron chi connectivity index (χ2n) is 4.93. The molecule has 3 heteroatoms. The zero-order valence-corrected chi connectivity index (χ0v) is 11.7. The number of nitrogen functional groups attached to an aromatic ring is 1.